The molecule has 0 amide bonds. The lowest BCUT2D eigenvalue weighted by molar-refractivity contribution is 0.0979. The van der Waals surface area contributed by atoms with Crippen LogP contribution in [0.1, 0.15) is 25.6 Å². The molecule has 2 heterocycles. The van der Waals surface area contributed by atoms with Gasteiger partial charge < -0.3 is 14.4 Å². The molecule has 22 heavy (non-hydrogen) atoms. The third-order valence-corrected chi connectivity index (χ3v) is 6.35. The number of ether oxygens (including phenoxy) is 2. The van der Waals surface area contributed by atoms with E-state index in [9.17, 15) is 4.21 Å². The van der Waals surface area contributed by atoms with E-state index in [4.69, 9.17) is 14.3 Å². The third kappa shape index (κ3) is 2.52. The van der Waals surface area contributed by atoms with E-state index >= 15 is 0 Å². The molecular weight excluding hydrogens is 306 g/mol. The van der Waals surface area contributed by atoms with Crippen molar-refractivity contribution in [3.05, 3.63) is 5.82 Å². The van der Waals surface area contributed by atoms with Gasteiger partial charge in [0.25, 0.3) is 0 Å². The highest BCUT2D eigenvalue weighted by molar-refractivity contribution is 7.92. The summed E-state index contributed by atoms with van der Waals surface area (Å²) in [5.41, 5.74) is 0. The molecule has 1 unspecified atom stereocenters. The van der Waals surface area contributed by atoms with Gasteiger partial charge in [-0.2, -0.15) is 15.0 Å². The van der Waals surface area contributed by atoms with Crippen molar-refractivity contribution in [1.29, 1.82) is 4.78 Å². The average molecular weight is 327 g/mol. The second-order valence-corrected chi connectivity index (χ2v) is 8.37. The summed E-state index contributed by atoms with van der Waals surface area (Å²) in [4.78, 5) is 15.2. The summed E-state index contributed by atoms with van der Waals surface area (Å²) in [7, 11) is -1.29. The van der Waals surface area contributed by atoms with Crippen LogP contribution in [-0.4, -0.2) is 58.3 Å². The smallest absolute Gasteiger partial charge is 0.321 e. The van der Waals surface area contributed by atoms with Gasteiger partial charge in [-0.1, -0.05) is 0 Å². The van der Waals surface area contributed by atoms with Crippen molar-refractivity contribution in [1.82, 2.24) is 15.0 Å². The zero-order valence-electron chi connectivity index (χ0n) is 13.0. The third-order valence-electron chi connectivity index (χ3n) is 4.27. The lowest BCUT2D eigenvalue weighted by atomic mass is 10.3. The number of rotatable bonds is 4. The molecule has 8 nitrogen and oxygen atoms in total. The highest BCUT2D eigenvalue weighted by Crippen LogP contribution is 2.51. The Kier molecular flexibility index (Phi) is 3.72. The zero-order valence-corrected chi connectivity index (χ0v) is 13.9. The molecule has 2 fully saturated rings. The van der Waals surface area contributed by atoms with Crippen molar-refractivity contribution >= 4 is 15.7 Å². The van der Waals surface area contributed by atoms with Crippen LogP contribution in [0.5, 0.6) is 6.01 Å². The standard InChI is InChI=1S/C13H21N5O3S/c1-9-8-21-7-6-18(9)11-15-10(16-12(17-11)20-2)13(4-5-13)22(3,14)19/h9,14H,4-8H2,1-3H3/t9-,22?/m1/s1. The number of hydrogen-bond donors (Lipinski definition) is 1. The first-order valence-electron chi connectivity index (χ1n) is 7.26. The number of aromatic nitrogens is 3. The Morgan fingerprint density at radius 2 is 2.14 bits per heavy atom. The Morgan fingerprint density at radius 3 is 2.68 bits per heavy atom. The van der Waals surface area contributed by atoms with Crippen LogP contribution in [0, 0.1) is 4.78 Å². The minimum atomic E-state index is -2.78. The van der Waals surface area contributed by atoms with Gasteiger partial charge in [-0.25, -0.2) is 4.21 Å². The average Bonchev–Trinajstić information content (AvgIpc) is 3.28. The van der Waals surface area contributed by atoms with E-state index in [1.807, 2.05) is 11.8 Å². The van der Waals surface area contributed by atoms with Crippen molar-refractivity contribution in [2.45, 2.75) is 30.6 Å². The Hall–Kier alpha value is -1.48. The van der Waals surface area contributed by atoms with Gasteiger partial charge in [0, 0.05) is 12.8 Å². The number of methoxy groups -OCH3 is 1. The minimum Gasteiger partial charge on any atom is -0.467 e. The molecule has 2 aliphatic rings. The SMILES string of the molecule is COc1nc(N2CCOC[C@H]2C)nc(C2(S(C)(=N)=O)CC2)n1. The monoisotopic (exact) mass is 327 g/mol. The molecule has 9 heteroatoms. The Labute approximate surface area is 130 Å². The van der Waals surface area contributed by atoms with Gasteiger partial charge in [-0.3, -0.25) is 4.78 Å². The molecule has 0 aromatic carbocycles. The van der Waals surface area contributed by atoms with Crippen molar-refractivity contribution in [3.8, 4) is 6.01 Å². The topological polar surface area (TPSA) is 101 Å². The van der Waals surface area contributed by atoms with Crippen LogP contribution >= 0.6 is 0 Å². The van der Waals surface area contributed by atoms with Crippen LogP contribution in [0.25, 0.3) is 0 Å². The van der Waals surface area contributed by atoms with Gasteiger partial charge in [0.2, 0.25) is 5.95 Å². The molecule has 3 rings (SSSR count). The summed E-state index contributed by atoms with van der Waals surface area (Å²) in [5, 5.41) is 0. The molecule has 1 saturated heterocycles. The van der Waals surface area contributed by atoms with Crippen LogP contribution in [0.15, 0.2) is 0 Å². The number of nitrogens with zero attached hydrogens (tertiary/aromatic N) is 4. The first-order chi connectivity index (χ1) is 10.4. The predicted octanol–water partition coefficient (Wildman–Crippen LogP) is 0.771. The molecule has 1 aromatic heterocycles. The van der Waals surface area contributed by atoms with Gasteiger partial charge in [-0.15, -0.1) is 0 Å². The fourth-order valence-corrected chi connectivity index (χ4v) is 4.02. The first kappa shape index (κ1) is 15.4. The van der Waals surface area contributed by atoms with E-state index in [0.29, 0.717) is 44.4 Å². The maximum atomic E-state index is 12.3. The Bertz CT molecular complexity index is 674. The van der Waals surface area contributed by atoms with E-state index in [-0.39, 0.29) is 12.1 Å². The van der Waals surface area contributed by atoms with E-state index in [1.165, 1.54) is 13.4 Å². The molecule has 1 aliphatic carbocycles. The van der Waals surface area contributed by atoms with Crippen molar-refractivity contribution < 1.29 is 13.7 Å². The van der Waals surface area contributed by atoms with Gasteiger partial charge in [0.15, 0.2) is 5.82 Å². The van der Waals surface area contributed by atoms with Crippen molar-refractivity contribution in [2.75, 3.05) is 38.0 Å². The summed E-state index contributed by atoms with van der Waals surface area (Å²) < 4.78 is 30.1. The highest BCUT2D eigenvalue weighted by atomic mass is 32.2. The summed E-state index contributed by atoms with van der Waals surface area (Å²) in [6.07, 6.45) is 2.78. The molecule has 1 N–H and O–H groups in total. The molecule has 1 aromatic rings. The zero-order chi connectivity index (χ0) is 16.0. The second-order valence-electron chi connectivity index (χ2n) is 5.90. The number of morpholine rings is 1. The van der Waals surface area contributed by atoms with Crippen LogP contribution in [0.2, 0.25) is 0 Å². The summed E-state index contributed by atoms with van der Waals surface area (Å²) in [5.74, 6) is 0.920. The van der Waals surface area contributed by atoms with E-state index in [2.05, 4.69) is 15.0 Å². The maximum Gasteiger partial charge on any atom is 0.321 e. The quantitative estimate of drug-likeness (QED) is 0.871. The van der Waals surface area contributed by atoms with E-state index in [1.54, 1.807) is 0 Å². The van der Waals surface area contributed by atoms with Crippen LogP contribution in [0.4, 0.5) is 5.95 Å². The molecule has 1 saturated carbocycles. The molecule has 2 atom stereocenters. The molecule has 122 valence electrons. The number of anilines is 1. The lowest BCUT2D eigenvalue weighted by Crippen LogP contribution is -2.45. The molecule has 1 aliphatic heterocycles. The fourth-order valence-electron chi connectivity index (χ4n) is 2.69. The van der Waals surface area contributed by atoms with Gasteiger partial charge in [0.05, 0.1) is 36.1 Å². The number of nitrogens with one attached hydrogen (secondary N) is 1. The Balaban J connectivity index is 2.04. The highest BCUT2D eigenvalue weighted by Gasteiger charge is 2.54. The van der Waals surface area contributed by atoms with Gasteiger partial charge in [-0.05, 0) is 19.8 Å². The first-order valence-corrected chi connectivity index (χ1v) is 9.22. The van der Waals surface area contributed by atoms with Crippen LogP contribution in [0.3, 0.4) is 0 Å². The normalized spacial score (nSPS) is 26.3. The molecule has 0 radical (unpaired) electrons. The summed E-state index contributed by atoms with van der Waals surface area (Å²) >= 11 is 0. The minimum absolute atomic E-state index is 0.144. The van der Waals surface area contributed by atoms with E-state index in [0.717, 1.165) is 0 Å². The van der Waals surface area contributed by atoms with Crippen LogP contribution in [-0.2, 0) is 19.2 Å². The van der Waals surface area contributed by atoms with E-state index < -0.39 is 14.5 Å². The van der Waals surface area contributed by atoms with Crippen molar-refractivity contribution in [3.63, 3.8) is 0 Å². The van der Waals surface area contributed by atoms with Crippen molar-refractivity contribution in [2.24, 2.45) is 0 Å². The lowest BCUT2D eigenvalue weighted by Gasteiger charge is -2.33. The molecule has 0 spiro atoms. The van der Waals surface area contributed by atoms with Gasteiger partial charge in [0.1, 0.15) is 4.75 Å². The van der Waals surface area contributed by atoms with Crippen LogP contribution < -0.4 is 9.64 Å². The molecule has 0 bridgehead atoms. The summed E-state index contributed by atoms with van der Waals surface area (Å²) in [6.45, 7) is 3.94. The second kappa shape index (κ2) is 5.31. The predicted molar refractivity (Wildman–Crippen MR) is 81.7 cm³/mol. The molecular formula is C13H21N5O3S. The summed E-state index contributed by atoms with van der Waals surface area (Å²) in [6, 6.07) is 0.347. The Morgan fingerprint density at radius 1 is 1.41 bits per heavy atom. The maximum absolute atomic E-state index is 12.3. The fraction of sp³-hybridized carbons (Fsp3) is 0.769. The van der Waals surface area contributed by atoms with Gasteiger partial charge >= 0.3 is 6.01 Å². The largest absolute Gasteiger partial charge is 0.467 e. The number of hydrogen-bond acceptors (Lipinski definition) is 8.